The molecule has 0 aliphatic carbocycles. The van der Waals surface area contributed by atoms with Crippen molar-refractivity contribution in [2.45, 2.75) is 38.8 Å². The minimum Gasteiger partial charge on any atom is -0.474 e. The summed E-state index contributed by atoms with van der Waals surface area (Å²) in [7, 11) is 0. The summed E-state index contributed by atoms with van der Waals surface area (Å²) < 4.78 is 5.61. The Labute approximate surface area is 192 Å². The number of aromatic nitrogens is 4. The normalized spacial score (nSPS) is 16.0. The zero-order valence-corrected chi connectivity index (χ0v) is 18.7. The van der Waals surface area contributed by atoms with Gasteiger partial charge >= 0.3 is 0 Å². The van der Waals surface area contributed by atoms with Crippen molar-refractivity contribution >= 4 is 23.0 Å². The molecule has 33 heavy (non-hydrogen) atoms. The summed E-state index contributed by atoms with van der Waals surface area (Å²) in [6.07, 6.45) is 8.35. The Bertz CT molecular complexity index is 1140. The molecule has 0 saturated carbocycles. The monoisotopic (exact) mass is 448 g/mol. The van der Waals surface area contributed by atoms with Crippen LogP contribution < -0.4 is 26.4 Å². The summed E-state index contributed by atoms with van der Waals surface area (Å²) in [5.74, 6) is -0.0562. The van der Waals surface area contributed by atoms with Crippen LogP contribution in [0.4, 0.5) is 17.1 Å². The highest BCUT2D eigenvalue weighted by Crippen LogP contribution is 2.28. The standard InChI is InChI=1S/C23H28N8O2/c1-14(2)33-21-12-27-10-18(28-21)17-6-5-16(25)22(29-17)23(32)30-19-11-26-8-7-20(19)31-9-3-4-15(24)13-31/h5-8,10-12,14-15H,3-4,9,13,24-25H2,1-2H3,(H,30,32)/t15-/m0/s1. The number of rotatable bonds is 6. The number of amides is 1. The van der Waals surface area contributed by atoms with Crippen LogP contribution in [0.1, 0.15) is 37.2 Å². The summed E-state index contributed by atoms with van der Waals surface area (Å²) >= 11 is 0. The highest BCUT2D eigenvalue weighted by molar-refractivity contribution is 6.07. The number of nitrogens with zero attached hydrogens (tertiary/aromatic N) is 5. The Balaban J connectivity index is 1.59. The average Bonchev–Trinajstić information content (AvgIpc) is 2.79. The molecule has 1 aliphatic rings. The molecule has 172 valence electrons. The van der Waals surface area contributed by atoms with E-state index >= 15 is 0 Å². The van der Waals surface area contributed by atoms with E-state index in [0.29, 0.717) is 23.0 Å². The molecule has 1 saturated heterocycles. The molecule has 5 N–H and O–H groups in total. The Morgan fingerprint density at radius 3 is 2.79 bits per heavy atom. The predicted molar refractivity (Wildman–Crippen MR) is 127 cm³/mol. The van der Waals surface area contributed by atoms with Crippen LogP contribution in [0.15, 0.2) is 43.0 Å². The Morgan fingerprint density at radius 1 is 1.15 bits per heavy atom. The maximum atomic E-state index is 13.1. The van der Waals surface area contributed by atoms with E-state index in [1.165, 1.54) is 6.20 Å². The lowest BCUT2D eigenvalue weighted by molar-refractivity contribution is 0.102. The lowest BCUT2D eigenvalue weighted by atomic mass is 10.1. The number of nitrogen functional groups attached to an aromatic ring is 1. The summed E-state index contributed by atoms with van der Waals surface area (Å²) in [4.78, 5) is 32.5. The molecule has 0 spiro atoms. The Kier molecular flexibility index (Phi) is 6.64. The van der Waals surface area contributed by atoms with E-state index in [1.807, 2.05) is 19.9 Å². The maximum Gasteiger partial charge on any atom is 0.276 e. The Hall–Kier alpha value is -3.79. The smallest absolute Gasteiger partial charge is 0.276 e. The van der Waals surface area contributed by atoms with Gasteiger partial charge < -0.3 is 26.4 Å². The average molecular weight is 449 g/mol. The van der Waals surface area contributed by atoms with Gasteiger partial charge in [-0.3, -0.25) is 14.8 Å². The van der Waals surface area contributed by atoms with Crippen molar-refractivity contribution in [3.8, 4) is 17.3 Å². The molecule has 3 aromatic rings. The first-order valence-corrected chi connectivity index (χ1v) is 10.9. The van der Waals surface area contributed by atoms with Gasteiger partial charge in [-0.25, -0.2) is 9.97 Å². The fraction of sp³-hybridized carbons (Fsp3) is 0.348. The van der Waals surface area contributed by atoms with E-state index in [2.05, 4.69) is 30.2 Å². The zero-order valence-electron chi connectivity index (χ0n) is 18.7. The van der Waals surface area contributed by atoms with E-state index in [0.717, 1.165) is 31.6 Å². The minimum atomic E-state index is -0.438. The number of ether oxygens (including phenoxy) is 1. The van der Waals surface area contributed by atoms with Crippen LogP contribution in [0.3, 0.4) is 0 Å². The van der Waals surface area contributed by atoms with Crippen LogP contribution >= 0.6 is 0 Å². The number of hydrogen-bond donors (Lipinski definition) is 3. The third-order valence-electron chi connectivity index (χ3n) is 5.22. The molecule has 1 fully saturated rings. The molecular formula is C23H28N8O2. The highest BCUT2D eigenvalue weighted by atomic mass is 16.5. The highest BCUT2D eigenvalue weighted by Gasteiger charge is 2.21. The molecule has 4 rings (SSSR count). The lowest BCUT2D eigenvalue weighted by Gasteiger charge is -2.33. The second-order valence-corrected chi connectivity index (χ2v) is 8.24. The van der Waals surface area contributed by atoms with Crippen LogP contribution in [0.5, 0.6) is 5.88 Å². The van der Waals surface area contributed by atoms with Gasteiger partial charge in [-0.15, -0.1) is 0 Å². The molecule has 0 radical (unpaired) electrons. The summed E-state index contributed by atoms with van der Waals surface area (Å²) in [6.45, 7) is 5.39. The van der Waals surface area contributed by atoms with Crippen molar-refractivity contribution in [2.75, 3.05) is 29.0 Å². The first kappa shape index (κ1) is 22.4. The number of carbonyl (C=O) groups excluding carboxylic acids is 1. The number of nitrogens with one attached hydrogen (secondary N) is 1. The second kappa shape index (κ2) is 9.78. The van der Waals surface area contributed by atoms with E-state index in [-0.39, 0.29) is 23.5 Å². The molecule has 1 atom stereocenters. The number of nitrogens with two attached hydrogens (primary N) is 2. The molecule has 4 heterocycles. The molecule has 10 heteroatoms. The van der Waals surface area contributed by atoms with Crippen molar-refractivity contribution in [1.29, 1.82) is 0 Å². The van der Waals surface area contributed by atoms with Gasteiger partial charge in [0.1, 0.15) is 5.69 Å². The second-order valence-electron chi connectivity index (χ2n) is 8.24. The van der Waals surface area contributed by atoms with Gasteiger partial charge in [-0.05, 0) is 44.9 Å². The largest absolute Gasteiger partial charge is 0.474 e. The number of carbonyl (C=O) groups is 1. The van der Waals surface area contributed by atoms with Crippen LogP contribution in [-0.4, -0.2) is 51.1 Å². The number of anilines is 3. The zero-order chi connectivity index (χ0) is 23.4. The molecule has 0 aromatic carbocycles. The number of pyridine rings is 2. The van der Waals surface area contributed by atoms with E-state index in [9.17, 15) is 4.79 Å². The van der Waals surface area contributed by atoms with Crippen LogP contribution in [0.25, 0.3) is 11.4 Å². The van der Waals surface area contributed by atoms with E-state index in [1.54, 1.807) is 30.7 Å². The third kappa shape index (κ3) is 5.35. The van der Waals surface area contributed by atoms with E-state index in [4.69, 9.17) is 16.2 Å². The fourth-order valence-corrected chi connectivity index (χ4v) is 3.73. The van der Waals surface area contributed by atoms with Crippen LogP contribution in [0.2, 0.25) is 0 Å². The van der Waals surface area contributed by atoms with Gasteiger partial charge in [0, 0.05) is 25.3 Å². The number of piperidine rings is 1. The van der Waals surface area contributed by atoms with Crippen LogP contribution in [0, 0.1) is 0 Å². The van der Waals surface area contributed by atoms with Gasteiger partial charge in [0.25, 0.3) is 5.91 Å². The minimum absolute atomic E-state index is 0.0432. The SMILES string of the molecule is CC(C)Oc1cncc(-c2ccc(N)c(C(=O)Nc3cnccc3N3CCC[C@H](N)C3)n2)n1. The molecule has 0 bridgehead atoms. The van der Waals surface area contributed by atoms with Crippen molar-refractivity contribution in [3.63, 3.8) is 0 Å². The quantitative estimate of drug-likeness (QED) is 0.517. The third-order valence-corrected chi connectivity index (χ3v) is 5.22. The van der Waals surface area contributed by atoms with Crippen molar-refractivity contribution in [3.05, 3.63) is 48.7 Å². The summed E-state index contributed by atoms with van der Waals surface area (Å²) in [5.41, 5.74) is 15.0. The van der Waals surface area contributed by atoms with Gasteiger partial charge in [0.05, 0.1) is 47.5 Å². The first-order chi connectivity index (χ1) is 15.9. The van der Waals surface area contributed by atoms with Crippen molar-refractivity contribution < 1.29 is 9.53 Å². The topological polar surface area (TPSA) is 145 Å². The maximum absolute atomic E-state index is 13.1. The van der Waals surface area contributed by atoms with Gasteiger partial charge in [0.15, 0.2) is 5.69 Å². The molecule has 10 nitrogen and oxygen atoms in total. The van der Waals surface area contributed by atoms with Crippen molar-refractivity contribution in [1.82, 2.24) is 19.9 Å². The van der Waals surface area contributed by atoms with Crippen molar-refractivity contribution in [2.24, 2.45) is 5.73 Å². The van der Waals surface area contributed by atoms with E-state index < -0.39 is 5.91 Å². The van der Waals surface area contributed by atoms with Gasteiger partial charge in [-0.2, -0.15) is 0 Å². The summed E-state index contributed by atoms with van der Waals surface area (Å²) in [5, 5.41) is 2.91. The molecule has 1 amide bonds. The molecular weight excluding hydrogens is 420 g/mol. The number of hydrogen-bond acceptors (Lipinski definition) is 9. The fourth-order valence-electron chi connectivity index (χ4n) is 3.73. The lowest BCUT2D eigenvalue weighted by Crippen LogP contribution is -2.43. The molecule has 3 aromatic heterocycles. The predicted octanol–water partition coefficient (Wildman–Crippen LogP) is 2.48. The van der Waals surface area contributed by atoms with Gasteiger partial charge in [0.2, 0.25) is 5.88 Å². The van der Waals surface area contributed by atoms with Crippen LogP contribution in [-0.2, 0) is 0 Å². The molecule has 0 unspecified atom stereocenters. The molecule has 1 aliphatic heterocycles. The van der Waals surface area contributed by atoms with Gasteiger partial charge in [-0.1, -0.05) is 0 Å². The summed E-state index contributed by atoms with van der Waals surface area (Å²) in [6, 6.07) is 5.29. The first-order valence-electron chi connectivity index (χ1n) is 10.9. The Morgan fingerprint density at radius 2 is 2.00 bits per heavy atom.